The number of aliphatic carboxylic acids is 1. The molecule has 0 unspecified atom stereocenters. The van der Waals surface area contributed by atoms with Crippen LogP contribution < -0.4 is 10.4 Å². The lowest BCUT2D eigenvalue weighted by Crippen LogP contribution is -2.24. The highest BCUT2D eigenvalue weighted by Crippen LogP contribution is 2.34. The highest BCUT2D eigenvalue weighted by Gasteiger charge is 2.14. The Kier molecular flexibility index (Phi) is 5.36. The molecular formula is C19H16ClN2O2S-. The molecular weight excluding hydrogens is 356 g/mol. The van der Waals surface area contributed by atoms with Crippen molar-refractivity contribution in [3.05, 3.63) is 64.0 Å². The predicted molar refractivity (Wildman–Crippen MR) is 100 cm³/mol. The van der Waals surface area contributed by atoms with Crippen molar-refractivity contribution in [1.29, 1.82) is 0 Å². The molecule has 128 valence electrons. The summed E-state index contributed by atoms with van der Waals surface area (Å²) in [5, 5.41) is 15.4. The highest BCUT2D eigenvalue weighted by molar-refractivity contribution is 7.16. The van der Waals surface area contributed by atoms with Crippen LogP contribution in [0.3, 0.4) is 0 Å². The minimum atomic E-state index is -1.13. The SMILES string of the molecule is CCc1ccc(-c2nc(Nc3ccccc3Cl)sc2CC(=O)[O-])cc1. The molecule has 0 amide bonds. The summed E-state index contributed by atoms with van der Waals surface area (Å²) in [6.45, 7) is 2.09. The van der Waals surface area contributed by atoms with Crippen LogP contribution in [-0.4, -0.2) is 11.0 Å². The van der Waals surface area contributed by atoms with Crippen LogP contribution in [-0.2, 0) is 17.6 Å². The molecule has 0 aliphatic heterocycles. The number of aromatic nitrogens is 1. The zero-order valence-electron chi connectivity index (χ0n) is 13.6. The Morgan fingerprint density at radius 1 is 1.20 bits per heavy atom. The van der Waals surface area contributed by atoms with Crippen molar-refractivity contribution in [3.8, 4) is 11.3 Å². The number of halogens is 1. The molecule has 6 heteroatoms. The number of carbonyl (C=O) groups is 1. The van der Waals surface area contributed by atoms with Crippen LogP contribution in [0.15, 0.2) is 48.5 Å². The lowest BCUT2D eigenvalue weighted by Gasteiger charge is -2.04. The maximum Gasteiger partial charge on any atom is 0.188 e. The van der Waals surface area contributed by atoms with Crippen LogP contribution in [0, 0.1) is 0 Å². The molecule has 0 spiro atoms. The molecule has 25 heavy (non-hydrogen) atoms. The van der Waals surface area contributed by atoms with Crippen molar-refractivity contribution in [2.75, 3.05) is 5.32 Å². The summed E-state index contributed by atoms with van der Waals surface area (Å²) in [5.74, 6) is -1.13. The molecule has 0 radical (unpaired) electrons. The maximum atomic E-state index is 11.1. The normalized spacial score (nSPS) is 10.6. The van der Waals surface area contributed by atoms with E-state index in [0.29, 0.717) is 20.7 Å². The molecule has 0 saturated carbocycles. The van der Waals surface area contributed by atoms with Crippen LogP contribution in [0.1, 0.15) is 17.4 Å². The molecule has 0 bridgehead atoms. The molecule has 2 aromatic carbocycles. The number of carboxylic acids is 1. The first kappa shape index (κ1) is 17.5. The second-order valence-corrected chi connectivity index (χ2v) is 6.99. The fourth-order valence-electron chi connectivity index (χ4n) is 2.46. The molecule has 3 rings (SSSR count). The van der Waals surface area contributed by atoms with Crippen molar-refractivity contribution in [3.63, 3.8) is 0 Å². The van der Waals surface area contributed by atoms with E-state index >= 15 is 0 Å². The van der Waals surface area contributed by atoms with Gasteiger partial charge in [-0.3, -0.25) is 0 Å². The summed E-state index contributed by atoms with van der Waals surface area (Å²) in [7, 11) is 0. The quantitative estimate of drug-likeness (QED) is 0.709. The third-order valence-corrected chi connectivity index (χ3v) is 5.05. The Labute approximate surface area is 155 Å². The molecule has 4 nitrogen and oxygen atoms in total. The zero-order chi connectivity index (χ0) is 17.8. The Balaban J connectivity index is 1.97. The van der Waals surface area contributed by atoms with Gasteiger partial charge in [-0.05, 0) is 24.1 Å². The van der Waals surface area contributed by atoms with Crippen molar-refractivity contribution in [1.82, 2.24) is 4.98 Å². The van der Waals surface area contributed by atoms with Crippen LogP contribution in [0.2, 0.25) is 5.02 Å². The monoisotopic (exact) mass is 371 g/mol. The maximum absolute atomic E-state index is 11.1. The molecule has 0 aliphatic rings. The number of benzene rings is 2. The number of nitrogens with one attached hydrogen (secondary N) is 1. The second kappa shape index (κ2) is 7.68. The third-order valence-electron chi connectivity index (χ3n) is 3.75. The number of nitrogens with zero attached hydrogens (tertiary/aromatic N) is 1. The van der Waals surface area contributed by atoms with Gasteiger partial charge in [0, 0.05) is 22.8 Å². The van der Waals surface area contributed by atoms with Crippen molar-refractivity contribution < 1.29 is 9.90 Å². The van der Waals surface area contributed by atoms with Crippen LogP contribution in [0.5, 0.6) is 0 Å². The van der Waals surface area contributed by atoms with Gasteiger partial charge in [0.25, 0.3) is 0 Å². The first-order chi connectivity index (χ1) is 12.1. The van der Waals surface area contributed by atoms with Gasteiger partial charge < -0.3 is 15.2 Å². The Hall–Kier alpha value is -2.37. The van der Waals surface area contributed by atoms with E-state index in [0.717, 1.165) is 17.7 Å². The zero-order valence-corrected chi connectivity index (χ0v) is 15.2. The van der Waals surface area contributed by atoms with E-state index in [2.05, 4.69) is 17.2 Å². The number of thiazole rings is 1. The lowest BCUT2D eigenvalue weighted by molar-refractivity contribution is -0.304. The van der Waals surface area contributed by atoms with E-state index < -0.39 is 5.97 Å². The summed E-state index contributed by atoms with van der Waals surface area (Å²) in [6.07, 6.45) is 0.773. The fourth-order valence-corrected chi connectivity index (χ4v) is 3.62. The topological polar surface area (TPSA) is 65.0 Å². The van der Waals surface area contributed by atoms with E-state index in [1.54, 1.807) is 6.07 Å². The highest BCUT2D eigenvalue weighted by atomic mass is 35.5. The van der Waals surface area contributed by atoms with Crippen molar-refractivity contribution in [2.24, 2.45) is 0 Å². The van der Waals surface area contributed by atoms with E-state index in [1.807, 2.05) is 42.5 Å². The molecule has 0 saturated heterocycles. The molecule has 0 fully saturated rings. The van der Waals surface area contributed by atoms with Gasteiger partial charge in [0.2, 0.25) is 0 Å². The second-order valence-electron chi connectivity index (χ2n) is 5.49. The van der Waals surface area contributed by atoms with Gasteiger partial charge in [-0.1, -0.05) is 54.9 Å². The Morgan fingerprint density at radius 3 is 2.56 bits per heavy atom. The number of anilines is 2. The molecule has 1 heterocycles. The minimum Gasteiger partial charge on any atom is -0.550 e. The fraction of sp³-hybridized carbons (Fsp3) is 0.158. The van der Waals surface area contributed by atoms with Crippen molar-refractivity contribution >= 4 is 39.7 Å². The van der Waals surface area contributed by atoms with Crippen LogP contribution in [0.25, 0.3) is 11.3 Å². The molecule has 0 aliphatic carbocycles. The molecule has 1 aromatic heterocycles. The van der Waals surface area contributed by atoms with Gasteiger partial charge in [0.05, 0.1) is 16.4 Å². The van der Waals surface area contributed by atoms with E-state index in [9.17, 15) is 9.90 Å². The summed E-state index contributed by atoms with van der Waals surface area (Å²) in [6, 6.07) is 15.3. The van der Waals surface area contributed by atoms with Gasteiger partial charge >= 0.3 is 0 Å². The number of hydrogen-bond donors (Lipinski definition) is 1. The van der Waals surface area contributed by atoms with Crippen LogP contribution in [0.4, 0.5) is 10.8 Å². The van der Waals surface area contributed by atoms with Crippen molar-refractivity contribution in [2.45, 2.75) is 19.8 Å². The number of aryl methyl sites for hydroxylation is 1. The Bertz CT molecular complexity index is 891. The average Bonchev–Trinajstić information content (AvgIpc) is 2.98. The van der Waals surface area contributed by atoms with E-state index in [1.165, 1.54) is 16.9 Å². The van der Waals surface area contributed by atoms with Gasteiger partial charge in [-0.2, -0.15) is 0 Å². The van der Waals surface area contributed by atoms with Gasteiger partial charge in [0.1, 0.15) is 0 Å². The first-order valence-corrected chi connectivity index (χ1v) is 9.06. The molecule has 1 N–H and O–H groups in total. The number of carbonyl (C=O) groups excluding carboxylic acids is 1. The number of hydrogen-bond acceptors (Lipinski definition) is 5. The summed E-state index contributed by atoms with van der Waals surface area (Å²) in [4.78, 5) is 16.3. The average molecular weight is 372 g/mol. The van der Waals surface area contributed by atoms with Gasteiger partial charge in [-0.25, -0.2) is 4.98 Å². The summed E-state index contributed by atoms with van der Waals surface area (Å²) in [5.41, 5.74) is 3.49. The Morgan fingerprint density at radius 2 is 1.92 bits per heavy atom. The first-order valence-electron chi connectivity index (χ1n) is 7.87. The lowest BCUT2D eigenvalue weighted by atomic mass is 10.1. The largest absolute Gasteiger partial charge is 0.550 e. The number of para-hydroxylation sites is 1. The van der Waals surface area contributed by atoms with E-state index in [-0.39, 0.29) is 6.42 Å². The standard InChI is InChI=1S/C19H17ClN2O2S/c1-2-12-7-9-13(10-8-12)18-16(11-17(23)24)25-19(22-18)21-15-6-4-3-5-14(15)20/h3-10H,2,11H2,1H3,(H,21,22)(H,23,24)/p-1. The molecule has 3 aromatic rings. The number of rotatable bonds is 6. The summed E-state index contributed by atoms with van der Waals surface area (Å²) < 4.78 is 0. The van der Waals surface area contributed by atoms with Gasteiger partial charge in [0.15, 0.2) is 5.13 Å². The minimum absolute atomic E-state index is 0.174. The third kappa shape index (κ3) is 4.18. The molecule has 0 atom stereocenters. The van der Waals surface area contributed by atoms with Gasteiger partial charge in [-0.15, -0.1) is 11.3 Å². The summed E-state index contributed by atoms with van der Waals surface area (Å²) >= 11 is 7.46. The van der Waals surface area contributed by atoms with E-state index in [4.69, 9.17) is 11.6 Å². The predicted octanol–water partition coefficient (Wildman–Crippen LogP) is 4.06. The smallest absolute Gasteiger partial charge is 0.188 e. The van der Waals surface area contributed by atoms with Crippen LogP contribution >= 0.6 is 22.9 Å². The number of carboxylic acid groups (broad SMARTS) is 1.